The zero-order chi connectivity index (χ0) is 25.3. The molecule has 0 radical (unpaired) electrons. The molecule has 1 heterocycles. The van der Waals surface area contributed by atoms with E-state index in [0.29, 0.717) is 53.7 Å². The molecule has 4 aromatic rings. The Kier molecular flexibility index (Phi) is 7.93. The van der Waals surface area contributed by atoms with Gasteiger partial charge in [-0.25, -0.2) is 4.98 Å². The van der Waals surface area contributed by atoms with Crippen molar-refractivity contribution in [2.75, 3.05) is 21.3 Å². The number of nitrogens with zero attached hydrogens (tertiary/aromatic N) is 2. The monoisotopic (exact) mass is 570 g/mol. The average Bonchev–Trinajstić information content (AvgIpc) is 2.85. The molecule has 0 saturated heterocycles. The highest BCUT2D eigenvalue weighted by Crippen LogP contribution is 2.42. The van der Waals surface area contributed by atoms with Gasteiger partial charge in [0.2, 0.25) is 5.75 Å². The van der Waals surface area contributed by atoms with Gasteiger partial charge < -0.3 is 14.2 Å². The molecule has 0 aliphatic rings. The average molecular weight is 572 g/mol. The lowest BCUT2D eigenvalue weighted by molar-refractivity contribution is 0.326. The van der Waals surface area contributed by atoms with Crippen molar-refractivity contribution < 1.29 is 14.2 Å². The molecule has 0 aliphatic carbocycles. The Labute approximate surface area is 225 Å². The zero-order valence-electron chi connectivity index (χ0n) is 18.7. The van der Waals surface area contributed by atoms with E-state index in [2.05, 4.69) is 0 Å². The minimum absolute atomic E-state index is 0.259. The van der Waals surface area contributed by atoms with Gasteiger partial charge in [0.1, 0.15) is 5.52 Å². The number of hydrogen-bond acceptors (Lipinski definition) is 6. The van der Waals surface area contributed by atoms with Gasteiger partial charge in [-0.05, 0) is 42.0 Å². The zero-order valence-corrected chi connectivity index (χ0v) is 22.5. The molecule has 0 amide bonds. The third kappa shape index (κ3) is 5.01. The van der Waals surface area contributed by atoms with Crippen LogP contribution >= 0.6 is 58.2 Å². The first kappa shape index (κ1) is 25.8. The number of rotatable bonds is 7. The predicted molar refractivity (Wildman–Crippen MR) is 143 cm³/mol. The number of hydrogen-bond donors (Lipinski definition) is 0. The van der Waals surface area contributed by atoms with Crippen LogP contribution in [0.4, 0.5) is 0 Å². The first-order valence-electron chi connectivity index (χ1n) is 10.1. The number of thioether (sulfide) groups is 1. The summed E-state index contributed by atoms with van der Waals surface area (Å²) in [5.41, 5.74) is 1.22. The molecular weight excluding hydrogens is 554 g/mol. The molecule has 6 nitrogen and oxygen atoms in total. The van der Waals surface area contributed by atoms with Crippen LogP contribution in [0.25, 0.3) is 16.6 Å². The molecule has 4 rings (SSSR count). The van der Waals surface area contributed by atoms with Crippen molar-refractivity contribution in [2.24, 2.45) is 0 Å². The molecule has 0 bridgehead atoms. The van der Waals surface area contributed by atoms with Crippen LogP contribution < -0.4 is 19.8 Å². The number of methoxy groups -OCH3 is 3. The van der Waals surface area contributed by atoms with Gasteiger partial charge in [-0.3, -0.25) is 9.36 Å². The molecule has 0 aliphatic heterocycles. The van der Waals surface area contributed by atoms with Crippen LogP contribution in [0.2, 0.25) is 20.1 Å². The maximum Gasteiger partial charge on any atom is 0.266 e. The molecule has 0 saturated carbocycles. The van der Waals surface area contributed by atoms with Gasteiger partial charge in [0.15, 0.2) is 16.7 Å². The third-order valence-corrected chi connectivity index (χ3v) is 7.44. The smallest absolute Gasteiger partial charge is 0.266 e. The van der Waals surface area contributed by atoms with Gasteiger partial charge in [-0.1, -0.05) is 64.2 Å². The van der Waals surface area contributed by atoms with Crippen molar-refractivity contribution in [3.8, 4) is 22.9 Å². The second-order valence-corrected chi connectivity index (χ2v) is 9.81. The SMILES string of the molecule is COc1cc2c(=O)n(-c3cc(Cl)ccc3Cl)c(SCc3ccc(Cl)c(Cl)c3)nc2c(OC)c1OC. The van der Waals surface area contributed by atoms with E-state index in [0.717, 1.165) is 5.56 Å². The highest BCUT2D eigenvalue weighted by molar-refractivity contribution is 7.98. The van der Waals surface area contributed by atoms with E-state index >= 15 is 0 Å². The van der Waals surface area contributed by atoms with Crippen LogP contribution in [-0.2, 0) is 5.75 Å². The van der Waals surface area contributed by atoms with Crippen molar-refractivity contribution >= 4 is 69.1 Å². The van der Waals surface area contributed by atoms with Gasteiger partial charge >= 0.3 is 0 Å². The Bertz CT molecular complexity index is 1490. The molecule has 0 unspecified atom stereocenters. The van der Waals surface area contributed by atoms with Crippen LogP contribution in [0.5, 0.6) is 17.2 Å². The first-order chi connectivity index (χ1) is 16.8. The molecule has 182 valence electrons. The van der Waals surface area contributed by atoms with Crippen molar-refractivity contribution in [3.63, 3.8) is 0 Å². The maximum atomic E-state index is 13.9. The van der Waals surface area contributed by atoms with Gasteiger partial charge in [-0.15, -0.1) is 0 Å². The second kappa shape index (κ2) is 10.8. The molecule has 0 spiro atoms. The number of ether oxygens (including phenoxy) is 3. The molecule has 0 N–H and O–H groups in total. The molecule has 3 aromatic carbocycles. The third-order valence-electron chi connectivity index (χ3n) is 5.14. The van der Waals surface area contributed by atoms with Crippen LogP contribution in [0.15, 0.2) is 52.4 Å². The summed E-state index contributed by atoms with van der Waals surface area (Å²) in [5.74, 6) is 1.38. The van der Waals surface area contributed by atoms with Crippen molar-refractivity contribution in [2.45, 2.75) is 10.9 Å². The summed E-state index contributed by atoms with van der Waals surface area (Å²) in [4.78, 5) is 18.7. The van der Waals surface area contributed by atoms with Gasteiger partial charge in [0.05, 0.1) is 47.5 Å². The molecule has 11 heteroatoms. The number of aromatic nitrogens is 2. The van der Waals surface area contributed by atoms with E-state index in [1.54, 1.807) is 36.4 Å². The lowest BCUT2D eigenvalue weighted by atomic mass is 10.2. The van der Waals surface area contributed by atoms with Crippen molar-refractivity contribution in [1.29, 1.82) is 0 Å². The van der Waals surface area contributed by atoms with E-state index in [1.807, 2.05) is 6.07 Å². The fraction of sp³-hybridized carbons (Fsp3) is 0.167. The van der Waals surface area contributed by atoms with Crippen LogP contribution in [0.1, 0.15) is 5.56 Å². The fourth-order valence-electron chi connectivity index (χ4n) is 3.51. The van der Waals surface area contributed by atoms with Crippen molar-refractivity contribution in [1.82, 2.24) is 9.55 Å². The normalized spacial score (nSPS) is 11.1. The summed E-state index contributed by atoms with van der Waals surface area (Å²) in [6, 6.07) is 11.8. The van der Waals surface area contributed by atoms with Gasteiger partial charge in [0.25, 0.3) is 5.56 Å². The Hall–Kier alpha value is -2.29. The Morgan fingerprint density at radius 2 is 1.57 bits per heavy atom. The standard InChI is InChI=1S/C24H18Cl4N2O4S/c1-32-19-10-14-20(22(34-3)21(19)33-2)29-24(35-11-12-4-6-15(26)17(28)8-12)30(23(14)31)18-9-13(25)5-7-16(18)27/h4-10H,11H2,1-3H3. The summed E-state index contributed by atoms with van der Waals surface area (Å²) in [6.45, 7) is 0. The van der Waals surface area contributed by atoms with Gasteiger partial charge in [0, 0.05) is 10.8 Å². The summed E-state index contributed by atoms with van der Waals surface area (Å²) in [6.07, 6.45) is 0. The number of halogens is 4. The maximum absolute atomic E-state index is 13.9. The highest BCUT2D eigenvalue weighted by Gasteiger charge is 2.23. The Morgan fingerprint density at radius 3 is 2.23 bits per heavy atom. The Morgan fingerprint density at radius 1 is 0.857 bits per heavy atom. The lowest BCUT2D eigenvalue weighted by Gasteiger charge is -2.18. The van der Waals surface area contributed by atoms with Gasteiger partial charge in [-0.2, -0.15) is 0 Å². The largest absolute Gasteiger partial charge is 0.493 e. The van der Waals surface area contributed by atoms with Crippen molar-refractivity contribution in [3.05, 3.63) is 78.5 Å². The summed E-state index contributed by atoms with van der Waals surface area (Å²) < 4.78 is 17.9. The van der Waals surface area contributed by atoms with E-state index in [-0.39, 0.29) is 16.7 Å². The molecule has 0 atom stereocenters. The van der Waals surface area contributed by atoms with E-state index < -0.39 is 0 Å². The van der Waals surface area contributed by atoms with E-state index in [9.17, 15) is 4.79 Å². The highest BCUT2D eigenvalue weighted by atomic mass is 35.5. The molecule has 35 heavy (non-hydrogen) atoms. The number of benzene rings is 3. The predicted octanol–water partition coefficient (Wildman–Crippen LogP) is 7.32. The first-order valence-corrected chi connectivity index (χ1v) is 12.6. The fourth-order valence-corrected chi connectivity index (χ4v) is 5.14. The minimum Gasteiger partial charge on any atom is -0.493 e. The van der Waals surface area contributed by atoms with Crippen LogP contribution in [0.3, 0.4) is 0 Å². The number of fused-ring (bicyclic) bond motifs is 1. The van der Waals surface area contributed by atoms with E-state index in [4.69, 9.17) is 65.6 Å². The Balaban J connectivity index is 2.00. The minimum atomic E-state index is -0.380. The topological polar surface area (TPSA) is 62.6 Å². The molecule has 1 aromatic heterocycles. The van der Waals surface area contributed by atoms with Crippen LogP contribution in [0, 0.1) is 0 Å². The second-order valence-electron chi connectivity index (χ2n) is 7.21. The quantitative estimate of drug-likeness (QED) is 0.171. The summed E-state index contributed by atoms with van der Waals surface area (Å²) in [7, 11) is 4.43. The molecular formula is C24H18Cl4N2O4S. The van der Waals surface area contributed by atoms with Crippen LogP contribution in [-0.4, -0.2) is 30.9 Å². The summed E-state index contributed by atoms with van der Waals surface area (Å²) in [5, 5.41) is 2.27. The summed E-state index contributed by atoms with van der Waals surface area (Å²) >= 11 is 26.3. The van der Waals surface area contributed by atoms with E-state index in [1.165, 1.54) is 37.7 Å². The lowest BCUT2D eigenvalue weighted by Crippen LogP contribution is -2.22. The molecule has 0 fully saturated rings.